The molecule has 0 saturated heterocycles. The number of benzene rings is 1. The van der Waals surface area contributed by atoms with Crippen LogP contribution in [0.5, 0.6) is 0 Å². The summed E-state index contributed by atoms with van der Waals surface area (Å²) in [6.45, 7) is 0. The predicted molar refractivity (Wildman–Crippen MR) is 73.8 cm³/mol. The van der Waals surface area contributed by atoms with Crippen molar-refractivity contribution >= 4 is 22.5 Å². The number of carbonyl (C=O) groups excluding carboxylic acids is 1. The minimum absolute atomic E-state index is 0.00770. The number of para-hydroxylation sites is 1. The Morgan fingerprint density at radius 3 is 3.00 bits per heavy atom. The molecule has 2 aromatic heterocycles. The standard InChI is InChI=1S/C14H14N4O/c19-14(18-11-8-16-17-9-11)6-5-10-7-15-13-4-2-1-3-12(10)13/h1-4,7-9,15H,5-6H2,(H,16,17)(H,18,19). The number of H-pyrrole nitrogens is 2. The Bertz CT molecular complexity index is 684. The van der Waals surface area contributed by atoms with E-state index in [0.29, 0.717) is 18.5 Å². The third kappa shape index (κ3) is 2.49. The van der Waals surface area contributed by atoms with Gasteiger partial charge in [0.1, 0.15) is 0 Å². The van der Waals surface area contributed by atoms with E-state index >= 15 is 0 Å². The van der Waals surface area contributed by atoms with Crippen molar-refractivity contribution in [3.8, 4) is 0 Å². The number of aromatic nitrogens is 3. The van der Waals surface area contributed by atoms with Gasteiger partial charge < -0.3 is 10.3 Å². The van der Waals surface area contributed by atoms with E-state index < -0.39 is 0 Å². The first-order valence-corrected chi connectivity index (χ1v) is 6.16. The Hall–Kier alpha value is -2.56. The van der Waals surface area contributed by atoms with Crippen LogP contribution < -0.4 is 5.32 Å². The lowest BCUT2D eigenvalue weighted by Crippen LogP contribution is -2.11. The monoisotopic (exact) mass is 254 g/mol. The molecule has 96 valence electrons. The molecule has 1 amide bonds. The molecule has 1 aromatic carbocycles. The van der Waals surface area contributed by atoms with Crippen LogP contribution in [-0.2, 0) is 11.2 Å². The minimum atomic E-state index is -0.00770. The predicted octanol–water partition coefficient (Wildman–Crippen LogP) is 2.46. The molecule has 0 spiro atoms. The van der Waals surface area contributed by atoms with Crippen LogP contribution in [0.15, 0.2) is 42.9 Å². The summed E-state index contributed by atoms with van der Waals surface area (Å²) in [5.74, 6) is -0.00770. The largest absolute Gasteiger partial charge is 0.361 e. The van der Waals surface area contributed by atoms with Gasteiger partial charge in [0.2, 0.25) is 5.91 Å². The summed E-state index contributed by atoms with van der Waals surface area (Å²) in [5.41, 5.74) is 2.97. The number of carbonyl (C=O) groups is 1. The molecule has 3 rings (SSSR count). The molecule has 0 unspecified atom stereocenters. The quantitative estimate of drug-likeness (QED) is 0.669. The fourth-order valence-corrected chi connectivity index (χ4v) is 2.13. The first-order chi connectivity index (χ1) is 9.33. The summed E-state index contributed by atoms with van der Waals surface area (Å²) < 4.78 is 0. The summed E-state index contributed by atoms with van der Waals surface area (Å²) in [5, 5.41) is 10.4. The Morgan fingerprint density at radius 1 is 1.26 bits per heavy atom. The van der Waals surface area contributed by atoms with Crippen molar-refractivity contribution in [1.29, 1.82) is 0 Å². The third-order valence-corrected chi connectivity index (χ3v) is 3.08. The van der Waals surface area contributed by atoms with Crippen LogP contribution in [0.3, 0.4) is 0 Å². The van der Waals surface area contributed by atoms with Gasteiger partial charge in [0, 0.05) is 29.7 Å². The lowest BCUT2D eigenvalue weighted by atomic mass is 10.1. The number of rotatable bonds is 4. The van der Waals surface area contributed by atoms with Gasteiger partial charge in [-0.1, -0.05) is 18.2 Å². The molecular weight excluding hydrogens is 240 g/mol. The van der Waals surface area contributed by atoms with Crippen molar-refractivity contribution < 1.29 is 4.79 Å². The summed E-state index contributed by atoms with van der Waals surface area (Å²) >= 11 is 0. The van der Waals surface area contributed by atoms with Crippen LogP contribution in [-0.4, -0.2) is 21.1 Å². The average Bonchev–Trinajstić information content (AvgIpc) is 3.05. The van der Waals surface area contributed by atoms with Gasteiger partial charge in [0.15, 0.2) is 0 Å². The maximum Gasteiger partial charge on any atom is 0.224 e. The molecule has 0 fully saturated rings. The van der Waals surface area contributed by atoms with E-state index in [2.05, 4.69) is 26.6 Å². The van der Waals surface area contributed by atoms with Crippen LogP contribution >= 0.6 is 0 Å². The number of nitrogens with one attached hydrogen (secondary N) is 3. The van der Waals surface area contributed by atoms with Crippen molar-refractivity contribution in [1.82, 2.24) is 15.2 Å². The van der Waals surface area contributed by atoms with Crippen LogP contribution in [0.2, 0.25) is 0 Å². The van der Waals surface area contributed by atoms with Gasteiger partial charge in [-0.05, 0) is 18.1 Å². The molecule has 5 heteroatoms. The number of nitrogens with zero attached hydrogens (tertiary/aromatic N) is 1. The highest BCUT2D eigenvalue weighted by Crippen LogP contribution is 2.19. The maximum absolute atomic E-state index is 11.8. The molecule has 0 bridgehead atoms. The average molecular weight is 254 g/mol. The van der Waals surface area contributed by atoms with E-state index in [1.54, 1.807) is 12.4 Å². The van der Waals surface area contributed by atoms with E-state index in [4.69, 9.17) is 0 Å². The van der Waals surface area contributed by atoms with Gasteiger partial charge in [-0.15, -0.1) is 0 Å². The molecule has 2 heterocycles. The first kappa shape index (κ1) is 11.5. The highest BCUT2D eigenvalue weighted by Gasteiger charge is 2.07. The second kappa shape index (κ2) is 4.97. The number of aromatic amines is 2. The molecule has 0 aliphatic heterocycles. The Labute approximate surface area is 110 Å². The van der Waals surface area contributed by atoms with Gasteiger partial charge in [-0.2, -0.15) is 5.10 Å². The lowest BCUT2D eigenvalue weighted by Gasteiger charge is -2.01. The summed E-state index contributed by atoms with van der Waals surface area (Å²) in [6, 6.07) is 8.10. The zero-order valence-corrected chi connectivity index (χ0v) is 10.3. The highest BCUT2D eigenvalue weighted by molar-refractivity contribution is 5.91. The van der Waals surface area contributed by atoms with E-state index in [0.717, 1.165) is 11.1 Å². The van der Waals surface area contributed by atoms with Gasteiger partial charge in [0.25, 0.3) is 0 Å². The van der Waals surface area contributed by atoms with E-state index in [1.807, 2.05) is 24.4 Å². The number of hydrogen-bond donors (Lipinski definition) is 3. The summed E-state index contributed by atoms with van der Waals surface area (Å²) in [7, 11) is 0. The zero-order chi connectivity index (χ0) is 13.1. The van der Waals surface area contributed by atoms with Gasteiger partial charge in [0.05, 0.1) is 11.9 Å². The number of aryl methyl sites for hydroxylation is 1. The maximum atomic E-state index is 11.8. The number of amides is 1. The third-order valence-electron chi connectivity index (χ3n) is 3.08. The van der Waals surface area contributed by atoms with Crippen molar-refractivity contribution in [3.05, 3.63) is 48.4 Å². The van der Waals surface area contributed by atoms with E-state index in [1.165, 1.54) is 5.39 Å². The van der Waals surface area contributed by atoms with Crippen molar-refractivity contribution in [3.63, 3.8) is 0 Å². The molecule has 0 radical (unpaired) electrons. The lowest BCUT2D eigenvalue weighted by molar-refractivity contribution is -0.116. The molecule has 0 atom stereocenters. The van der Waals surface area contributed by atoms with Crippen molar-refractivity contribution in [2.75, 3.05) is 5.32 Å². The minimum Gasteiger partial charge on any atom is -0.361 e. The second-order valence-electron chi connectivity index (χ2n) is 4.39. The topological polar surface area (TPSA) is 73.6 Å². The summed E-state index contributed by atoms with van der Waals surface area (Å²) in [4.78, 5) is 15.0. The number of hydrogen-bond acceptors (Lipinski definition) is 2. The Balaban J connectivity index is 1.64. The Kier molecular flexibility index (Phi) is 3.02. The van der Waals surface area contributed by atoms with Crippen LogP contribution in [0, 0.1) is 0 Å². The van der Waals surface area contributed by atoms with Crippen LogP contribution in [0.4, 0.5) is 5.69 Å². The fourth-order valence-electron chi connectivity index (χ4n) is 2.13. The SMILES string of the molecule is O=C(CCc1c[nH]c2ccccc12)Nc1cn[nH]c1. The van der Waals surface area contributed by atoms with Crippen molar-refractivity contribution in [2.45, 2.75) is 12.8 Å². The molecule has 0 aliphatic rings. The second-order valence-corrected chi connectivity index (χ2v) is 4.39. The first-order valence-electron chi connectivity index (χ1n) is 6.16. The molecule has 19 heavy (non-hydrogen) atoms. The van der Waals surface area contributed by atoms with E-state index in [-0.39, 0.29) is 5.91 Å². The smallest absolute Gasteiger partial charge is 0.224 e. The van der Waals surface area contributed by atoms with Gasteiger partial charge in [-0.3, -0.25) is 9.89 Å². The van der Waals surface area contributed by atoms with E-state index in [9.17, 15) is 4.79 Å². The molecular formula is C14H14N4O. The Morgan fingerprint density at radius 2 is 2.16 bits per heavy atom. The van der Waals surface area contributed by atoms with Gasteiger partial charge >= 0.3 is 0 Å². The molecule has 3 aromatic rings. The number of anilines is 1. The zero-order valence-electron chi connectivity index (χ0n) is 10.3. The highest BCUT2D eigenvalue weighted by atomic mass is 16.1. The fraction of sp³-hybridized carbons (Fsp3) is 0.143. The molecule has 0 saturated carbocycles. The molecule has 3 N–H and O–H groups in total. The van der Waals surface area contributed by atoms with Crippen LogP contribution in [0.1, 0.15) is 12.0 Å². The summed E-state index contributed by atoms with van der Waals surface area (Å²) in [6.07, 6.45) is 6.38. The normalized spacial score (nSPS) is 10.7. The van der Waals surface area contributed by atoms with Gasteiger partial charge in [-0.25, -0.2) is 0 Å². The molecule has 0 aliphatic carbocycles. The molecule has 5 nitrogen and oxygen atoms in total. The number of fused-ring (bicyclic) bond motifs is 1. The van der Waals surface area contributed by atoms with Crippen molar-refractivity contribution in [2.24, 2.45) is 0 Å². The van der Waals surface area contributed by atoms with Crippen LogP contribution in [0.25, 0.3) is 10.9 Å².